The lowest BCUT2D eigenvalue weighted by Gasteiger charge is -2.34. The summed E-state index contributed by atoms with van der Waals surface area (Å²) < 4.78 is 32.9. The average Bonchev–Trinajstić information content (AvgIpc) is 2.79. The maximum Gasteiger partial charge on any atom is 0.246 e. The highest BCUT2D eigenvalue weighted by atomic mass is 35.5. The van der Waals surface area contributed by atoms with E-state index < -0.39 is 10.0 Å². The Morgan fingerprint density at radius 3 is 2.32 bits per heavy atom. The number of ether oxygens (including phenoxy) is 1. The van der Waals surface area contributed by atoms with Crippen molar-refractivity contribution in [2.75, 3.05) is 38.2 Å². The molecule has 0 bridgehead atoms. The molecule has 1 fully saturated rings. The van der Waals surface area contributed by atoms with Crippen LogP contribution in [0.5, 0.6) is 5.75 Å². The van der Waals surface area contributed by atoms with Crippen molar-refractivity contribution in [1.29, 1.82) is 0 Å². The van der Waals surface area contributed by atoms with Crippen molar-refractivity contribution >= 4 is 39.0 Å². The second-order valence-corrected chi connectivity index (χ2v) is 9.69. The Labute approximate surface area is 191 Å². The number of benzene rings is 2. The lowest BCUT2D eigenvalue weighted by atomic mass is 10.1. The third kappa shape index (κ3) is 4.48. The van der Waals surface area contributed by atoms with Crippen molar-refractivity contribution in [1.82, 2.24) is 14.5 Å². The Kier molecular flexibility index (Phi) is 6.34. The molecule has 4 rings (SSSR count). The summed E-state index contributed by atoms with van der Waals surface area (Å²) in [5.74, 6) is 0.959. The molecule has 0 spiro atoms. The number of piperazine rings is 1. The van der Waals surface area contributed by atoms with Crippen molar-refractivity contribution in [3.05, 3.63) is 64.6 Å². The minimum Gasteiger partial charge on any atom is -0.495 e. The van der Waals surface area contributed by atoms with Crippen LogP contribution >= 0.6 is 23.2 Å². The van der Waals surface area contributed by atoms with E-state index in [1.165, 1.54) is 17.5 Å². The standard InChI is InChI=1S/C21H20Cl2N4O3S/c1-30-19-8-6-15(22)14-20(19)31(28,29)27-12-10-26(11-13-27)21-9-7-18(24-25-21)16-4-2-3-5-17(16)23/h2-9,14H,10-13H2,1H3. The minimum atomic E-state index is -3.73. The fourth-order valence-electron chi connectivity index (χ4n) is 3.46. The van der Waals surface area contributed by atoms with Crippen LogP contribution in [0.2, 0.25) is 10.0 Å². The van der Waals surface area contributed by atoms with E-state index in [-0.39, 0.29) is 10.6 Å². The normalized spacial score (nSPS) is 15.1. The Balaban J connectivity index is 1.48. The Morgan fingerprint density at radius 1 is 0.935 bits per heavy atom. The third-order valence-corrected chi connectivity index (χ3v) is 7.59. The van der Waals surface area contributed by atoms with Gasteiger partial charge >= 0.3 is 0 Å². The van der Waals surface area contributed by atoms with Crippen LogP contribution in [0, 0.1) is 0 Å². The number of nitrogens with zero attached hydrogens (tertiary/aromatic N) is 4. The van der Waals surface area contributed by atoms with Gasteiger partial charge in [0.2, 0.25) is 10.0 Å². The molecule has 3 aromatic rings. The third-order valence-electron chi connectivity index (χ3n) is 5.11. The second kappa shape index (κ2) is 9.00. The minimum absolute atomic E-state index is 0.0693. The van der Waals surface area contributed by atoms with E-state index in [1.807, 2.05) is 35.2 Å². The fourth-order valence-corrected chi connectivity index (χ4v) is 5.53. The zero-order valence-corrected chi connectivity index (χ0v) is 19.0. The van der Waals surface area contributed by atoms with Gasteiger partial charge in [-0.2, -0.15) is 4.31 Å². The van der Waals surface area contributed by atoms with Crippen molar-refractivity contribution < 1.29 is 13.2 Å². The van der Waals surface area contributed by atoms with Crippen molar-refractivity contribution in [3.63, 3.8) is 0 Å². The number of halogens is 2. The first-order valence-electron chi connectivity index (χ1n) is 9.57. The SMILES string of the molecule is COc1ccc(Cl)cc1S(=O)(=O)N1CCN(c2ccc(-c3ccccc3Cl)nn2)CC1. The van der Waals surface area contributed by atoms with Gasteiger partial charge in [-0.15, -0.1) is 10.2 Å². The van der Waals surface area contributed by atoms with Crippen LogP contribution < -0.4 is 9.64 Å². The molecule has 0 atom stereocenters. The molecule has 1 saturated heterocycles. The van der Waals surface area contributed by atoms with Crippen LogP contribution in [0.1, 0.15) is 0 Å². The predicted molar refractivity (Wildman–Crippen MR) is 121 cm³/mol. The first-order valence-corrected chi connectivity index (χ1v) is 11.8. The Morgan fingerprint density at radius 2 is 1.68 bits per heavy atom. The van der Waals surface area contributed by atoms with Crippen molar-refractivity contribution in [3.8, 4) is 17.0 Å². The van der Waals surface area contributed by atoms with Gasteiger partial charge < -0.3 is 9.64 Å². The van der Waals surface area contributed by atoms with Crippen LogP contribution in [0.25, 0.3) is 11.3 Å². The zero-order chi connectivity index (χ0) is 22.0. The fraction of sp³-hybridized carbons (Fsp3) is 0.238. The molecule has 2 heterocycles. The number of hydrogen-bond acceptors (Lipinski definition) is 6. The Hall–Kier alpha value is -2.39. The maximum absolute atomic E-state index is 13.1. The maximum atomic E-state index is 13.1. The molecular formula is C21H20Cl2N4O3S. The van der Waals surface area contributed by atoms with E-state index in [0.717, 1.165) is 5.56 Å². The number of aromatic nitrogens is 2. The summed E-state index contributed by atoms with van der Waals surface area (Å²) in [7, 11) is -2.30. The quantitative estimate of drug-likeness (QED) is 0.552. The van der Waals surface area contributed by atoms with Gasteiger partial charge in [0.05, 0.1) is 17.8 Å². The zero-order valence-electron chi connectivity index (χ0n) is 16.7. The smallest absolute Gasteiger partial charge is 0.246 e. The molecule has 10 heteroatoms. The van der Waals surface area contributed by atoms with Gasteiger partial charge in [-0.25, -0.2) is 8.42 Å². The first-order chi connectivity index (χ1) is 14.9. The van der Waals surface area contributed by atoms with Gasteiger partial charge in [0.15, 0.2) is 5.82 Å². The summed E-state index contributed by atoms with van der Waals surface area (Å²) in [6.45, 7) is 1.60. The van der Waals surface area contributed by atoms with Gasteiger partial charge in [0.1, 0.15) is 10.6 Å². The number of sulfonamides is 1. The van der Waals surface area contributed by atoms with Gasteiger partial charge in [0, 0.05) is 36.8 Å². The predicted octanol–water partition coefficient (Wildman–Crippen LogP) is 3.97. The molecule has 0 radical (unpaired) electrons. The lowest BCUT2D eigenvalue weighted by molar-refractivity contribution is 0.373. The lowest BCUT2D eigenvalue weighted by Crippen LogP contribution is -2.49. The largest absolute Gasteiger partial charge is 0.495 e. The summed E-state index contributed by atoms with van der Waals surface area (Å²) in [4.78, 5) is 2.07. The summed E-state index contributed by atoms with van der Waals surface area (Å²) in [6.07, 6.45) is 0. The highest BCUT2D eigenvalue weighted by Crippen LogP contribution is 2.31. The van der Waals surface area contributed by atoms with Crippen LogP contribution in [0.4, 0.5) is 5.82 Å². The highest BCUT2D eigenvalue weighted by Gasteiger charge is 2.31. The molecule has 1 aliphatic heterocycles. The highest BCUT2D eigenvalue weighted by molar-refractivity contribution is 7.89. The van der Waals surface area contributed by atoms with Crippen LogP contribution in [0.15, 0.2) is 59.5 Å². The number of hydrogen-bond donors (Lipinski definition) is 0. The molecule has 0 N–H and O–H groups in total. The average molecular weight is 479 g/mol. The molecule has 31 heavy (non-hydrogen) atoms. The van der Waals surface area contributed by atoms with Crippen LogP contribution in [0.3, 0.4) is 0 Å². The molecule has 162 valence electrons. The van der Waals surface area contributed by atoms with Crippen LogP contribution in [-0.4, -0.2) is 56.2 Å². The topological polar surface area (TPSA) is 75.6 Å². The van der Waals surface area contributed by atoms with Crippen LogP contribution in [-0.2, 0) is 10.0 Å². The second-order valence-electron chi connectivity index (χ2n) is 6.94. The van der Waals surface area contributed by atoms with Gasteiger partial charge in [0.25, 0.3) is 0 Å². The van der Waals surface area contributed by atoms with E-state index in [2.05, 4.69) is 10.2 Å². The molecular weight excluding hydrogens is 459 g/mol. The van der Waals surface area contributed by atoms with E-state index in [9.17, 15) is 8.42 Å². The van der Waals surface area contributed by atoms with E-state index in [1.54, 1.807) is 18.2 Å². The van der Waals surface area contributed by atoms with Gasteiger partial charge in [-0.3, -0.25) is 0 Å². The number of rotatable bonds is 5. The molecule has 7 nitrogen and oxygen atoms in total. The number of methoxy groups -OCH3 is 1. The summed E-state index contributed by atoms with van der Waals surface area (Å²) >= 11 is 12.2. The van der Waals surface area contributed by atoms with E-state index >= 15 is 0 Å². The van der Waals surface area contributed by atoms with E-state index in [0.29, 0.717) is 47.7 Å². The van der Waals surface area contributed by atoms with E-state index in [4.69, 9.17) is 27.9 Å². The first kappa shape index (κ1) is 21.8. The molecule has 1 aliphatic rings. The summed E-state index contributed by atoms with van der Waals surface area (Å²) in [6, 6.07) is 15.8. The number of anilines is 1. The molecule has 0 aliphatic carbocycles. The summed E-state index contributed by atoms with van der Waals surface area (Å²) in [5.41, 5.74) is 1.50. The molecule has 0 unspecified atom stereocenters. The summed E-state index contributed by atoms with van der Waals surface area (Å²) in [5, 5.41) is 9.56. The van der Waals surface area contributed by atoms with Crippen molar-refractivity contribution in [2.45, 2.75) is 4.90 Å². The molecule has 0 amide bonds. The van der Waals surface area contributed by atoms with Gasteiger partial charge in [-0.05, 0) is 36.4 Å². The van der Waals surface area contributed by atoms with Gasteiger partial charge in [-0.1, -0.05) is 41.4 Å². The van der Waals surface area contributed by atoms with Crippen molar-refractivity contribution in [2.24, 2.45) is 0 Å². The monoisotopic (exact) mass is 478 g/mol. The molecule has 1 aromatic heterocycles. The Bertz CT molecular complexity index is 1180. The molecule has 0 saturated carbocycles. The molecule has 2 aromatic carbocycles.